The summed E-state index contributed by atoms with van der Waals surface area (Å²) < 4.78 is 49.5. The summed E-state index contributed by atoms with van der Waals surface area (Å²) in [6.07, 6.45) is -6.28. The first-order valence-electron chi connectivity index (χ1n) is 4.73. The van der Waals surface area contributed by atoms with Crippen LogP contribution in [-0.2, 0) is 4.79 Å². The topological polar surface area (TPSA) is 20.3 Å². The molecule has 3 unspecified atom stereocenters. The van der Waals surface area contributed by atoms with Gasteiger partial charge in [0.25, 0.3) is 0 Å². The molecule has 1 fully saturated rings. The molecule has 0 aliphatic carbocycles. The summed E-state index contributed by atoms with van der Waals surface area (Å²) in [6, 6.07) is 0. The molecule has 0 aromatic heterocycles. The molecule has 0 N–H and O–H groups in total. The van der Waals surface area contributed by atoms with E-state index in [2.05, 4.69) is 0 Å². The van der Waals surface area contributed by atoms with E-state index in [1.165, 1.54) is 0 Å². The van der Waals surface area contributed by atoms with Crippen LogP contribution in [0.1, 0.15) is 13.8 Å². The second-order valence-electron chi connectivity index (χ2n) is 4.06. The molecular formula is C9H13F4NO. The lowest BCUT2D eigenvalue weighted by atomic mass is 9.87. The van der Waals surface area contributed by atoms with E-state index >= 15 is 0 Å². The Kier molecular flexibility index (Phi) is 3.25. The Morgan fingerprint density at radius 3 is 2.20 bits per heavy atom. The van der Waals surface area contributed by atoms with Crippen molar-refractivity contribution in [2.75, 3.05) is 13.1 Å². The molecule has 1 aliphatic heterocycles. The molecule has 1 amide bonds. The number of carbonyl (C=O) groups excluding carboxylic acids is 1. The minimum atomic E-state index is -4.90. The van der Waals surface area contributed by atoms with Crippen molar-refractivity contribution < 1.29 is 22.4 Å². The van der Waals surface area contributed by atoms with Crippen LogP contribution in [0.25, 0.3) is 0 Å². The fourth-order valence-corrected chi connectivity index (χ4v) is 1.67. The van der Waals surface area contributed by atoms with E-state index in [0.29, 0.717) is 4.90 Å². The average molecular weight is 227 g/mol. The van der Waals surface area contributed by atoms with E-state index < -0.39 is 24.8 Å². The molecule has 0 aromatic rings. The number of hydrogen-bond donors (Lipinski definition) is 0. The van der Waals surface area contributed by atoms with Gasteiger partial charge in [-0.15, -0.1) is 0 Å². The molecule has 2 nitrogen and oxygen atoms in total. The van der Waals surface area contributed by atoms with E-state index in [0.717, 1.165) is 0 Å². The number of halogens is 4. The first-order valence-corrected chi connectivity index (χ1v) is 4.73. The minimum absolute atomic E-state index is 0.0278. The number of piperidine rings is 1. The molecule has 3 atom stereocenters. The van der Waals surface area contributed by atoms with Crippen LogP contribution in [0, 0.1) is 11.8 Å². The highest BCUT2D eigenvalue weighted by Crippen LogP contribution is 2.28. The van der Waals surface area contributed by atoms with Gasteiger partial charge in [0.15, 0.2) is 0 Å². The first kappa shape index (κ1) is 12.3. The lowest BCUT2D eigenvalue weighted by molar-refractivity contribution is -0.189. The van der Waals surface area contributed by atoms with E-state index in [1.807, 2.05) is 0 Å². The van der Waals surface area contributed by atoms with Crippen LogP contribution >= 0.6 is 0 Å². The van der Waals surface area contributed by atoms with E-state index in [1.54, 1.807) is 13.8 Å². The second-order valence-corrected chi connectivity index (χ2v) is 4.06. The zero-order valence-electron chi connectivity index (χ0n) is 8.51. The van der Waals surface area contributed by atoms with Crippen molar-refractivity contribution >= 4 is 5.91 Å². The van der Waals surface area contributed by atoms with Gasteiger partial charge in [0.1, 0.15) is 6.17 Å². The maximum absolute atomic E-state index is 13.3. The molecule has 0 aromatic carbocycles. The highest BCUT2D eigenvalue weighted by molar-refractivity contribution is 5.82. The molecule has 0 bridgehead atoms. The molecular weight excluding hydrogens is 214 g/mol. The Hall–Kier alpha value is -0.810. The van der Waals surface area contributed by atoms with Gasteiger partial charge in [-0.1, -0.05) is 13.8 Å². The average Bonchev–Trinajstić information content (AvgIpc) is 2.10. The number of rotatable bonds is 0. The molecule has 0 spiro atoms. The van der Waals surface area contributed by atoms with Gasteiger partial charge < -0.3 is 4.90 Å². The Morgan fingerprint density at radius 2 is 1.80 bits per heavy atom. The number of alkyl halides is 4. The molecule has 15 heavy (non-hydrogen) atoms. The van der Waals surface area contributed by atoms with Crippen LogP contribution in [0.5, 0.6) is 0 Å². The van der Waals surface area contributed by atoms with Crippen molar-refractivity contribution in [3.63, 3.8) is 0 Å². The van der Waals surface area contributed by atoms with Crippen molar-refractivity contribution in [3.05, 3.63) is 0 Å². The fraction of sp³-hybridized carbons (Fsp3) is 0.889. The van der Waals surface area contributed by atoms with Crippen molar-refractivity contribution in [2.24, 2.45) is 11.8 Å². The molecule has 1 aliphatic rings. The minimum Gasteiger partial charge on any atom is -0.332 e. The Labute approximate surface area is 85.2 Å². The zero-order chi connectivity index (χ0) is 11.8. The Morgan fingerprint density at radius 1 is 1.27 bits per heavy atom. The van der Waals surface area contributed by atoms with Crippen molar-refractivity contribution in [1.29, 1.82) is 0 Å². The highest BCUT2D eigenvalue weighted by atomic mass is 19.4. The van der Waals surface area contributed by atoms with Gasteiger partial charge in [-0.3, -0.25) is 4.79 Å². The number of nitrogens with zero attached hydrogens (tertiary/aromatic N) is 1. The largest absolute Gasteiger partial charge is 0.471 e. The quantitative estimate of drug-likeness (QED) is 0.579. The second kappa shape index (κ2) is 3.98. The molecule has 1 heterocycles. The molecule has 1 saturated heterocycles. The third kappa shape index (κ3) is 2.60. The number of likely N-dealkylation sites (tertiary alicyclic amines) is 1. The van der Waals surface area contributed by atoms with E-state index in [-0.39, 0.29) is 18.4 Å². The monoisotopic (exact) mass is 227 g/mol. The molecule has 1 rings (SSSR count). The summed E-state index contributed by atoms with van der Waals surface area (Å²) in [4.78, 5) is 11.4. The lowest BCUT2D eigenvalue weighted by Gasteiger charge is -2.37. The SMILES string of the molecule is CC1CN(C(=O)C(F)(F)F)CC(F)C1C. The Bertz CT molecular complexity index is 241. The highest BCUT2D eigenvalue weighted by Gasteiger charge is 2.45. The molecule has 88 valence electrons. The van der Waals surface area contributed by atoms with Gasteiger partial charge in [-0.25, -0.2) is 4.39 Å². The number of carbonyl (C=O) groups is 1. The third-order valence-electron chi connectivity index (χ3n) is 2.90. The third-order valence-corrected chi connectivity index (χ3v) is 2.90. The smallest absolute Gasteiger partial charge is 0.332 e. The molecule has 0 saturated carbocycles. The van der Waals surface area contributed by atoms with Crippen LogP contribution in [0.2, 0.25) is 0 Å². The van der Waals surface area contributed by atoms with Gasteiger partial charge in [0, 0.05) is 6.54 Å². The summed E-state index contributed by atoms with van der Waals surface area (Å²) in [6.45, 7) is 2.81. The zero-order valence-corrected chi connectivity index (χ0v) is 8.51. The van der Waals surface area contributed by atoms with Crippen LogP contribution in [0.4, 0.5) is 17.6 Å². The van der Waals surface area contributed by atoms with Gasteiger partial charge in [0.05, 0.1) is 6.54 Å². The summed E-state index contributed by atoms with van der Waals surface area (Å²) >= 11 is 0. The summed E-state index contributed by atoms with van der Waals surface area (Å²) in [5, 5.41) is 0. The number of hydrogen-bond acceptors (Lipinski definition) is 1. The van der Waals surface area contributed by atoms with Gasteiger partial charge in [-0.05, 0) is 11.8 Å². The van der Waals surface area contributed by atoms with Crippen LogP contribution in [0.15, 0.2) is 0 Å². The lowest BCUT2D eigenvalue weighted by Crippen LogP contribution is -2.52. The molecule has 6 heteroatoms. The summed E-state index contributed by atoms with van der Waals surface area (Å²) in [5.74, 6) is -2.49. The van der Waals surface area contributed by atoms with Crippen LogP contribution in [-0.4, -0.2) is 36.2 Å². The predicted molar refractivity (Wildman–Crippen MR) is 45.9 cm³/mol. The fourth-order valence-electron chi connectivity index (χ4n) is 1.67. The van der Waals surface area contributed by atoms with E-state index in [4.69, 9.17) is 0 Å². The van der Waals surface area contributed by atoms with Gasteiger partial charge >= 0.3 is 12.1 Å². The number of amides is 1. The van der Waals surface area contributed by atoms with Crippen molar-refractivity contribution in [2.45, 2.75) is 26.2 Å². The van der Waals surface area contributed by atoms with Gasteiger partial charge in [-0.2, -0.15) is 13.2 Å². The molecule has 0 radical (unpaired) electrons. The van der Waals surface area contributed by atoms with Crippen molar-refractivity contribution in [3.8, 4) is 0 Å². The van der Waals surface area contributed by atoms with Gasteiger partial charge in [0.2, 0.25) is 0 Å². The maximum Gasteiger partial charge on any atom is 0.471 e. The predicted octanol–water partition coefficient (Wildman–Crippen LogP) is 2.00. The summed E-state index contributed by atoms with van der Waals surface area (Å²) in [5.41, 5.74) is 0. The van der Waals surface area contributed by atoms with Crippen molar-refractivity contribution in [1.82, 2.24) is 4.90 Å². The summed E-state index contributed by atoms with van der Waals surface area (Å²) in [7, 11) is 0. The maximum atomic E-state index is 13.3. The standard InChI is InChI=1S/C9H13F4NO/c1-5-3-14(4-7(10)6(5)2)8(15)9(11,12)13/h5-7H,3-4H2,1-2H3. The van der Waals surface area contributed by atoms with Crippen LogP contribution in [0.3, 0.4) is 0 Å². The Balaban J connectivity index is 2.70. The first-order chi connectivity index (χ1) is 6.73. The van der Waals surface area contributed by atoms with Crippen LogP contribution < -0.4 is 0 Å². The normalized spacial score (nSPS) is 32.9. The van der Waals surface area contributed by atoms with E-state index in [9.17, 15) is 22.4 Å².